The SMILES string of the molecule is O.c1ccc(C(c2ccccc2)N2CCNCC2)cc1. The summed E-state index contributed by atoms with van der Waals surface area (Å²) in [5, 5.41) is 3.43. The second-order valence-corrected chi connectivity index (χ2v) is 5.01. The van der Waals surface area contributed by atoms with E-state index in [1.165, 1.54) is 11.1 Å². The largest absolute Gasteiger partial charge is 0.412 e. The first kappa shape index (κ1) is 14.7. The van der Waals surface area contributed by atoms with Gasteiger partial charge in [-0.1, -0.05) is 60.7 Å². The molecular formula is C17H22N2O. The fourth-order valence-corrected chi connectivity index (χ4v) is 2.83. The summed E-state index contributed by atoms with van der Waals surface area (Å²) in [4.78, 5) is 2.57. The van der Waals surface area contributed by atoms with E-state index in [1.54, 1.807) is 0 Å². The first-order chi connectivity index (χ1) is 9.45. The predicted molar refractivity (Wildman–Crippen MR) is 82.8 cm³/mol. The Kier molecular flexibility index (Phi) is 5.30. The fourth-order valence-electron chi connectivity index (χ4n) is 2.83. The molecule has 3 rings (SSSR count). The van der Waals surface area contributed by atoms with E-state index in [0.717, 1.165) is 26.2 Å². The maximum Gasteiger partial charge on any atom is 0.0602 e. The molecule has 3 nitrogen and oxygen atoms in total. The number of hydrogen-bond acceptors (Lipinski definition) is 2. The Hall–Kier alpha value is -1.68. The van der Waals surface area contributed by atoms with Crippen LogP contribution in [0.25, 0.3) is 0 Å². The van der Waals surface area contributed by atoms with Gasteiger partial charge in [-0.3, -0.25) is 4.90 Å². The van der Waals surface area contributed by atoms with Gasteiger partial charge in [-0.15, -0.1) is 0 Å². The standard InChI is InChI=1S/C17H20N2.H2O/c1-3-7-15(8-4-1)17(16-9-5-2-6-10-16)19-13-11-18-12-14-19;/h1-10,17-18H,11-14H2;1H2. The number of nitrogens with one attached hydrogen (secondary N) is 1. The zero-order chi connectivity index (χ0) is 12.9. The number of benzene rings is 2. The fraction of sp³-hybridized carbons (Fsp3) is 0.294. The Morgan fingerprint density at radius 2 is 1.20 bits per heavy atom. The minimum Gasteiger partial charge on any atom is -0.412 e. The van der Waals surface area contributed by atoms with Crippen molar-refractivity contribution < 1.29 is 5.48 Å². The van der Waals surface area contributed by atoms with Gasteiger partial charge in [0, 0.05) is 26.2 Å². The van der Waals surface area contributed by atoms with Gasteiger partial charge in [-0.25, -0.2) is 0 Å². The van der Waals surface area contributed by atoms with Crippen LogP contribution in [0.4, 0.5) is 0 Å². The van der Waals surface area contributed by atoms with Crippen LogP contribution in [0.2, 0.25) is 0 Å². The molecule has 1 saturated heterocycles. The summed E-state index contributed by atoms with van der Waals surface area (Å²) >= 11 is 0. The molecule has 0 spiro atoms. The highest BCUT2D eigenvalue weighted by molar-refractivity contribution is 5.31. The van der Waals surface area contributed by atoms with Crippen molar-refractivity contribution in [3.05, 3.63) is 71.8 Å². The Labute approximate surface area is 120 Å². The molecule has 0 saturated carbocycles. The molecule has 20 heavy (non-hydrogen) atoms. The molecule has 0 aliphatic carbocycles. The molecule has 0 atom stereocenters. The smallest absolute Gasteiger partial charge is 0.0602 e. The predicted octanol–water partition coefficient (Wildman–Crippen LogP) is 1.86. The van der Waals surface area contributed by atoms with Crippen LogP contribution < -0.4 is 5.32 Å². The van der Waals surface area contributed by atoms with Crippen molar-refractivity contribution in [3.8, 4) is 0 Å². The molecule has 0 aromatic heterocycles. The van der Waals surface area contributed by atoms with Crippen LogP contribution in [0.5, 0.6) is 0 Å². The third kappa shape index (κ3) is 3.25. The molecule has 1 heterocycles. The molecule has 0 bridgehead atoms. The molecule has 1 aliphatic heterocycles. The van der Waals surface area contributed by atoms with Gasteiger partial charge in [0.15, 0.2) is 0 Å². The molecule has 2 aromatic carbocycles. The summed E-state index contributed by atoms with van der Waals surface area (Å²) in [6.07, 6.45) is 0. The van der Waals surface area contributed by atoms with Crippen LogP contribution in [-0.2, 0) is 0 Å². The lowest BCUT2D eigenvalue weighted by Crippen LogP contribution is -2.45. The Morgan fingerprint density at radius 1 is 0.750 bits per heavy atom. The highest BCUT2D eigenvalue weighted by Gasteiger charge is 2.23. The average Bonchev–Trinajstić information content (AvgIpc) is 2.51. The van der Waals surface area contributed by atoms with Gasteiger partial charge in [0.2, 0.25) is 0 Å². The van der Waals surface area contributed by atoms with Crippen molar-refractivity contribution >= 4 is 0 Å². The van der Waals surface area contributed by atoms with Crippen LogP contribution in [0, 0.1) is 0 Å². The molecule has 1 aliphatic rings. The Balaban J connectivity index is 0.00000147. The zero-order valence-corrected chi connectivity index (χ0v) is 11.6. The van der Waals surface area contributed by atoms with E-state index in [0.29, 0.717) is 6.04 Å². The second-order valence-electron chi connectivity index (χ2n) is 5.01. The molecular weight excluding hydrogens is 248 g/mol. The molecule has 3 heteroatoms. The lowest BCUT2D eigenvalue weighted by atomic mass is 9.96. The maximum absolute atomic E-state index is 3.43. The number of piperazine rings is 1. The van der Waals surface area contributed by atoms with E-state index in [-0.39, 0.29) is 5.48 Å². The van der Waals surface area contributed by atoms with Gasteiger partial charge < -0.3 is 10.8 Å². The Morgan fingerprint density at radius 3 is 1.65 bits per heavy atom. The first-order valence-electron chi connectivity index (χ1n) is 7.00. The van der Waals surface area contributed by atoms with E-state index >= 15 is 0 Å². The van der Waals surface area contributed by atoms with Gasteiger partial charge in [0.1, 0.15) is 0 Å². The number of rotatable bonds is 3. The van der Waals surface area contributed by atoms with Crippen molar-refractivity contribution in [1.29, 1.82) is 0 Å². The monoisotopic (exact) mass is 270 g/mol. The summed E-state index contributed by atoms with van der Waals surface area (Å²) in [5.41, 5.74) is 2.77. The lowest BCUT2D eigenvalue weighted by molar-refractivity contribution is 0.198. The molecule has 2 aromatic rings. The van der Waals surface area contributed by atoms with Crippen LogP contribution in [0.3, 0.4) is 0 Å². The average molecular weight is 270 g/mol. The minimum atomic E-state index is 0. The van der Waals surface area contributed by atoms with Gasteiger partial charge in [0.25, 0.3) is 0 Å². The maximum atomic E-state index is 3.43. The summed E-state index contributed by atoms with van der Waals surface area (Å²) < 4.78 is 0. The summed E-state index contributed by atoms with van der Waals surface area (Å²) in [6.45, 7) is 4.37. The van der Waals surface area contributed by atoms with E-state index in [9.17, 15) is 0 Å². The molecule has 0 unspecified atom stereocenters. The van der Waals surface area contributed by atoms with Crippen LogP contribution in [-0.4, -0.2) is 36.6 Å². The van der Waals surface area contributed by atoms with Gasteiger partial charge in [-0.2, -0.15) is 0 Å². The van der Waals surface area contributed by atoms with Gasteiger partial charge in [0.05, 0.1) is 6.04 Å². The van der Waals surface area contributed by atoms with E-state index < -0.39 is 0 Å². The van der Waals surface area contributed by atoms with Gasteiger partial charge >= 0.3 is 0 Å². The number of nitrogens with zero attached hydrogens (tertiary/aromatic N) is 1. The molecule has 0 amide bonds. The van der Waals surface area contributed by atoms with Crippen LogP contribution >= 0.6 is 0 Å². The van der Waals surface area contributed by atoms with E-state index in [4.69, 9.17) is 0 Å². The van der Waals surface area contributed by atoms with Gasteiger partial charge in [-0.05, 0) is 11.1 Å². The van der Waals surface area contributed by atoms with E-state index in [2.05, 4.69) is 70.9 Å². The summed E-state index contributed by atoms with van der Waals surface area (Å²) in [7, 11) is 0. The topological polar surface area (TPSA) is 46.8 Å². The van der Waals surface area contributed by atoms with Crippen molar-refractivity contribution in [1.82, 2.24) is 10.2 Å². The third-order valence-corrected chi connectivity index (χ3v) is 3.75. The molecule has 3 N–H and O–H groups in total. The zero-order valence-electron chi connectivity index (χ0n) is 11.6. The van der Waals surface area contributed by atoms with Crippen molar-refractivity contribution in [2.75, 3.05) is 26.2 Å². The summed E-state index contributed by atoms with van der Waals surface area (Å²) in [5.74, 6) is 0. The molecule has 106 valence electrons. The quantitative estimate of drug-likeness (QED) is 0.925. The third-order valence-electron chi connectivity index (χ3n) is 3.75. The minimum absolute atomic E-state index is 0. The highest BCUT2D eigenvalue weighted by atomic mass is 16.0. The van der Waals surface area contributed by atoms with Crippen molar-refractivity contribution in [2.45, 2.75) is 6.04 Å². The lowest BCUT2D eigenvalue weighted by Gasteiger charge is -2.35. The molecule has 0 radical (unpaired) electrons. The molecule has 1 fully saturated rings. The number of hydrogen-bond donors (Lipinski definition) is 1. The van der Waals surface area contributed by atoms with Crippen LogP contribution in [0.15, 0.2) is 60.7 Å². The van der Waals surface area contributed by atoms with Crippen molar-refractivity contribution in [3.63, 3.8) is 0 Å². The Bertz CT molecular complexity index is 455. The normalized spacial score (nSPS) is 15.8. The second kappa shape index (κ2) is 7.20. The van der Waals surface area contributed by atoms with Crippen molar-refractivity contribution in [2.24, 2.45) is 0 Å². The summed E-state index contributed by atoms with van der Waals surface area (Å²) in [6, 6.07) is 22.0. The first-order valence-corrected chi connectivity index (χ1v) is 7.00. The van der Waals surface area contributed by atoms with E-state index in [1.807, 2.05) is 0 Å². The van der Waals surface area contributed by atoms with Crippen LogP contribution in [0.1, 0.15) is 17.2 Å². The highest BCUT2D eigenvalue weighted by Crippen LogP contribution is 2.28.